The van der Waals surface area contributed by atoms with Gasteiger partial charge in [-0.2, -0.15) is 0 Å². The Morgan fingerprint density at radius 2 is 2.00 bits per heavy atom. The summed E-state index contributed by atoms with van der Waals surface area (Å²) in [5.41, 5.74) is 3.68. The number of pyridine rings is 1. The van der Waals surface area contributed by atoms with Gasteiger partial charge in [-0.15, -0.1) is 0 Å². The minimum Gasteiger partial charge on any atom is -0.272 e. The van der Waals surface area contributed by atoms with Gasteiger partial charge in [-0.3, -0.25) is 4.98 Å². The van der Waals surface area contributed by atoms with E-state index in [0.717, 1.165) is 5.59 Å². The summed E-state index contributed by atoms with van der Waals surface area (Å²) < 4.78 is 0. The molecule has 1 rings (SSSR count). The Hall–Kier alpha value is -0.785. The molecule has 1 aromatic rings. The summed E-state index contributed by atoms with van der Waals surface area (Å²) in [6, 6.07) is 2.09. The lowest BCUT2D eigenvalue weighted by Crippen LogP contribution is -2.07. The predicted molar refractivity (Wildman–Crippen MR) is 41.9 cm³/mol. The van der Waals surface area contributed by atoms with Crippen LogP contribution in [0.5, 0.6) is 0 Å². The normalized spacial score (nSPS) is 9.56. The van der Waals surface area contributed by atoms with E-state index in [9.17, 15) is 0 Å². The van der Waals surface area contributed by atoms with Gasteiger partial charge < -0.3 is 0 Å². The van der Waals surface area contributed by atoms with Crippen molar-refractivity contribution in [1.29, 1.82) is 0 Å². The second-order valence-electron chi connectivity index (χ2n) is 2.41. The highest BCUT2D eigenvalue weighted by molar-refractivity contribution is 6.30. The SMILES string of the molecule is Bc1cc(C)c(C)cn1. The highest BCUT2D eigenvalue weighted by atomic mass is 14.6. The molecule has 0 unspecified atom stereocenters. The Morgan fingerprint density at radius 1 is 1.33 bits per heavy atom. The third-order valence-electron chi connectivity index (χ3n) is 1.51. The quantitative estimate of drug-likeness (QED) is 0.436. The molecule has 1 nitrogen and oxygen atoms in total. The van der Waals surface area contributed by atoms with E-state index in [2.05, 4.69) is 24.9 Å². The van der Waals surface area contributed by atoms with E-state index in [0.29, 0.717) is 0 Å². The molecule has 0 fully saturated rings. The van der Waals surface area contributed by atoms with Crippen molar-refractivity contribution >= 4 is 13.4 Å². The molecule has 0 radical (unpaired) electrons. The number of nitrogens with zero attached hydrogens (tertiary/aromatic N) is 1. The first kappa shape index (κ1) is 6.34. The maximum atomic E-state index is 4.14. The molecule has 0 saturated carbocycles. The second kappa shape index (κ2) is 2.22. The van der Waals surface area contributed by atoms with Gasteiger partial charge in [0.05, 0.1) is 0 Å². The first-order valence-corrected chi connectivity index (χ1v) is 3.10. The Kier molecular flexibility index (Phi) is 1.56. The molecule has 2 heteroatoms. The van der Waals surface area contributed by atoms with E-state index in [1.54, 1.807) is 0 Å². The van der Waals surface area contributed by atoms with Crippen LogP contribution in [0.2, 0.25) is 0 Å². The van der Waals surface area contributed by atoms with Crippen LogP contribution in [0.25, 0.3) is 0 Å². The van der Waals surface area contributed by atoms with Gasteiger partial charge in [0.2, 0.25) is 0 Å². The van der Waals surface area contributed by atoms with Crippen LogP contribution in [0.15, 0.2) is 12.3 Å². The van der Waals surface area contributed by atoms with Crippen molar-refractivity contribution in [1.82, 2.24) is 4.98 Å². The molecule has 0 amide bonds. The molecular weight excluding hydrogens is 109 g/mol. The number of hydrogen-bond acceptors (Lipinski definition) is 1. The van der Waals surface area contributed by atoms with Crippen LogP contribution in [0, 0.1) is 13.8 Å². The van der Waals surface area contributed by atoms with Crippen LogP contribution in [0.3, 0.4) is 0 Å². The molecule has 1 heterocycles. The standard InChI is InChI=1S/C7H10BN/c1-5-3-7(8)9-4-6(5)2/h3-4H,8H2,1-2H3. The van der Waals surface area contributed by atoms with Crippen molar-refractivity contribution in [3.05, 3.63) is 23.4 Å². The van der Waals surface area contributed by atoms with Gasteiger partial charge in [-0.1, -0.05) is 0 Å². The molecule has 0 aliphatic heterocycles. The molecule has 0 aromatic carbocycles. The Labute approximate surface area is 56.5 Å². The molecule has 0 spiro atoms. The Balaban J connectivity index is 3.17. The van der Waals surface area contributed by atoms with E-state index in [-0.39, 0.29) is 0 Å². The predicted octanol–water partition coefficient (Wildman–Crippen LogP) is -0.0432. The summed E-state index contributed by atoms with van der Waals surface area (Å²) >= 11 is 0. The van der Waals surface area contributed by atoms with Gasteiger partial charge >= 0.3 is 0 Å². The molecule has 0 N–H and O–H groups in total. The lowest BCUT2D eigenvalue weighted by Gasteiger charge is -1.97. The summed E-state index contributed by atoms with van der Waals surface area (Å²) in [6.45, 7) is 4.17. The fraction of sp³-hybridized carbons (Fsp3) is 0.286. The molecule has 0 bridgehead atoms. The van der Waals surface area contributed by atoms with Gasteiger partial charge in [0.1, 0.15) is 0 Å². The van der Waals surface area contributed by atoms with Crippen LogP contribution in [-0.4, -0.2) is 12.8 Å². The maximum Gasteiger partial charge on any atom is 0.163 e. The number of hydrogen-bond donors (Lipinski definition) is 0. The summed E-state index contributed by atoms with van der Waals surface area (Å²) in [5, 5.41) is 0. The molecule has 0 atom stereocenters. The molecule has 0 aliphatic carbocycles. The Bertz CT molecular complexity index is 220. The van der Waals surface area contributed by atoms with E-state index >= 15 is 0 Å². The van der Waals surface area contributed by atoms with Crippen molar-refractivity contribution in [2.45, 2.75) is 13.8 Å². The lowest BCUT2D eigenvalue weighted by atomic mass is 10.0. The van der Waals surface area contributed by atoms with Crippen LogP contribution >= 0.6 is 0 Å². The van der Waals surface area contributed by atoms with Crippen molar-refractivity contribution < 1.29 is 0 Å². The van der Waals surface area contributed by atoms with Gasteiger partial charge in [-0.25, -0.2) is 0 Å². The lowest BCUT2D eigenvalue weighted by molar-refractivity contribution is 1.25. The topological polar surface area (TPSA) is 12.9 Å². The Morgan fingerprint density at radius 3 is 2.44 bits per heavy atom. The third-order valence-corrected chi connectivity index (χ3v) is 1.51. The average molecular weight is 119 g/mol. The van der Waals surface area contributed by atoms with Gasteiger partial charge in [0, 0.05) is 6.20 Å². The van der Waals surface area contributed by atoms with Crippen molar-refractivity contribution in [2.24, 2.45) is 0 Å². The molecule has 1 aromatic heterocycles. The smallest absolute Gasteiger partial charge is 0.163 e. The zero-order valence-electron chi connectivity index (χ0n) is 6.10. The molecular formula is C7H10BN. The summed E-state index contributed by atoms with van der Waals surface area (Å²) in [5.74, 6) is 0. The van der Waals surface area contributed by atoms with E-state index in [1.165, 1.54) is 11.1 Å². The summed E-state index contributed by atoms with van der Waals surface area (Å²) in [4.78, 5) is 4.14. The first-order chi connectivity index (χ1) is 4.20. The number of aromatic nitrogens is 1. The highest BCUT2D eigenvalue weighted by Crippen LogP contribution is 1.98. The minimum atomic E-state index is 1.10. The largest absolute Gasteiger partial charge is 0.272 e. The fourth-order valence-electron chi connectivity index (χ4n) is 0.765. The van der Waals surface area contributed by atoms with Gasteiger partial charge in [0.25, 0.3) is 0 Å². The van der Waals surface area contributed by atoms with Crippen LogP contribution in [-0.2, 0) is 0 Å². The molecule has 46 valence electrons. The molecule has 9 heavy (non-hydrogen) atoms. The molecule has 0 saturated heterocycles. The average Bonchev–Trinajstić information content (AvgIpc) is 1.80. The van der Waals surface area contributed by atoms with Crippen molar-refractivity contribution in [3.8, 4) is 0 Å². The van der Waals surface area contributed by atoms with Crippen LogP contribution in [0.1, 0.15) is 11.1 Å². The summed E-state index contributed by atoms with van der Waals surface area (Å²) in [7, 11) is 2.01. The number of rotatable bonds is 0. The van der Waals surface area contributed by atoms with Crippen molar-refractivity contribution in [3.63, 3.8) is 0 Å². The zero-order chi connectivity index (χ0) is 6.85. The monoisotopic (exact) mass is 119 g/mol. The number of aryl methyl sites for hydroxylation is 2. The third kappa shape index (κ3) is 1.32. The first-order valence-electron chi connectivity index (χ1n) is 3.10. The van der Waals surface area contributed by atoms with E-state index in [1.807, 2.05) is 14.0 Å². The molecule has 0 aliphatic rings. The van der Waals surface area contributed by atoms with Gasteiger partial charge in [0.15, 0.2) is 7.85 Å². The van der Waals surface area contributed by atoms with Crippen LogP contribution < -0.4 is 5.59 Å². The van der Waals surface area contributed by atoms with Crippen LogP contribution in [0.4, 0.5) is 0 Å². The minimum absolute atomic E-state index is 1.10. The fourth-order valence-corrected chi connectivity index (χ4v) is 0.765. The summed E-state index contributed by atoms with van der Waals surface area (Å²) in [6.07, 6.45) is 1.91. The van der Waals surface area contributed by atoms with E-state index < -0.39 is 0 Å². The van der Waals surface area contributed by atoms with Gasteiger partial charge in [-0.05, 0) is 36.6 Å². The van der Waals surface area contributed by atoms with E-state index in [4.69, 9.17) is 0 Å². The second-order valence-corrected chi connectivity index (χ2v) is 2.41. The van der Waals surface area contributed by atoms with Crippen molar-refractivity contribution in [2.75, 3.05) is 0 Å². The highest BCUT2D eigenvalue weighted by Gasteiger charge is 1.90. The zero-order valence-corrected chi connectivity index (χ0v) is 6.10. The maximum absolute atomic E-state index is 4.14.